The standard InChI is InChI=1S/C108H120BN3/c1-100(2,3)71-46-41-68(42-47-71)82-59-75(104(13,14)15)61-85(79-53-50-74(103(10,11)12)63-88(79)108(25,26)27)98(82)111-93-57-70(67-35-29-28-30-36-67)45-55-89(93)109-90-56-52-78(110-91-39-33-31-37-80(91)81-38-32-34-40-92(81)110)66-94(90)112(96-65-77(106(19,20)21)64-95(111)97(96)109)99-83(69-43-48-72(49-44-69)101(4,5)6)60-76(105(16,17)18)62-86(99)84-58-73(102(7,8)9)51-54-87(84)107(22,23)24/h28-66H,1-27H3/i28D,29D,30D,31D,32D,33D,34D,35D,36D,37D,38D,39D,40D,43D,44D,48D,49D,51D,54D,58D,60D,62D. The molecular weight excluding hydrogens is 1350 g/mol. The number of para-hydroxylation sites is 2. The van der Waals surface area contributed by atoms with Crippen molar-refractivity contribution in [3.05, 3.63) is 286 Å². The lowest BCUT2D eigenvalue weighted by Crippen LogP contribution is -2.61. The Balaban J connectivity index is 1.31. The van der Waals surface area contributed by atoms with E-state index in [1.807, 2.05) is 91.5 Å². The van der Waals surface area contributed by atoms with Gasteiger partial charge in [-0.05, 0) is 215 Å². The molecule has 112 heavy (non-hydrogen) atoms. The average molecular weight is 1490 g/mol. The van der Waals surface area contributed by atoms with Gasteiger partial charge in [0, 0.05) is 61.5 Å². The van der Waals surface area contributed by atoms with Crippen LogP contribution in [0.4, 0.5) is 34.1 Å². The molecule has 0 atom stereocenters. The van der Waals surface area contributed by atoms with Crippen molar-refractivity contribution in [1.29, 1.82) is 0 Å². The van der Waals surface area contributed by atoms with Crippen LogP contribution in [0.1, 0.15) is 267 Å². The summed E-state index contributed by atoms with van der Waals surface area (Å²) >= 11 is 0. The summed E-state index contributed by atoms with van der Waals surface area (Å²) in [6, 6.07) is 23.7. The monoisotopic (exact) mass is 1490 g/mol. The zero-order valence-electron chi connectivity index (χ0n) is 92.7. The zero-order chi connectivity index (χ0) is 99.6. The number of fused-ring (bicyclic) bond motifs is 7. The summed E-state index contributed by atoms with van der Waals surface area (Å²) in [5, 5.41) is -0.433. The fraction of sp³-hybridized carbons (Fsp3) is 0.333. The van der Waals surface area contributed by atoms with Crippen LogP contribution in [0, 0.1) is 0 Å². The third kappa shape index (κ3) is 13.9. The van der Waals surface area contributed by atoms with Crippen LogP contribution >= 0.6 is 0 Å². The lowest BCUT2D eigenvalue weighted by atomic mass is 9.33. The third-order valence-corrected chi connectivity index (χ3v) is 22.4. The Kier molecular flexibility index (Phi) is 13.1. The highest BCUT2D eigenvalue weighted by atomic mass is 15.2. The minimum absolute atomic E-state index is 0.00298. The molecule has 13 aromatic rings. The smallest absolute Gasteiger partial charge is 0.252 e. The summed E-state index contributed by atoms with van der Waals surface area (Å²) in [5.41, 5.74) is 3.78. The first-order chi connectivity index (χ1) is 61.4. The Labute approximate surface area is 703 Å². The topological polar surface area (TPSA) is 11.4 Å². The number of aromatic nitrogens is 1. The SMILES string of the molecule is [2H]c1c([2H])c([2H])c(-c2ccc3c(c2)N(c2c(-c4ccc(C(C)(C)C)cc4)cc(C(C)(C)C)cc2-c2ccc(C(C)(C)C)cc2C(C)(C)C)c2cc(C(C)(C)C)cc4c2B3c2ccc(-n3c5c([2H])c([2H])c([2H])c([2H])c5c5c([2H])c([2H])c([2H])c([2H])c53)cc2N4c2c(-c3c([2H])c([2H])c(C(C)(C)C)c([2H])c3[2H])c([2H])c(C(C)(C)C)c([2H])c2-c2c([2H])c(C(C)(C)C)c([2H])c([2H])c2C(C)(C)C)c([2H])c1[2H]. The highest BCUT2D eigenvalue weighted by Gasteiger charge is 2.47. The van der Waals surface area contributed by atoms with E-state index < -0.39 is 153 Å². The first-order valence-electron chi connectivity index (χ1n) is 50.5. The van der Waals surface area contributed by atoms with Crippen LogP contribution in [0.15, 0.2) is 236 Å². The minimum atomic E-state index is -1.24. The first kappa shape index (κ1) is 54.7. The van der Waals surface area contributed by atoms with E-state index in [0.29, 0.717) is 44.7 Å². The maximum atomic E-state index is 11.7. The van der Waals surface area contributed by atoms with Crippen LogP contribution in [-0.4, -0.2) is 11.3 Å². The Morgan fingerprint density at radius 3 is 1.24 bits per heavy atom. The molecule has 0 radical (unpaired) electrons. The van der Waals surface area contributed by atoms with Gasteiger partial charge in [-0.15, -0.1) is 0 Å². The van der Waals surface area contributed by atoms with Gasteiger partial charge in [0.1, 0.15) is 0 Å². The number of benzene rings is 12. The van der Waals surface area contributed by atoms with E-state index in [1.165, 1.54) is 4.57 Å². The predicted octanol–water partition coefficient (Wildman–Crippen LogP) is 28.9. The van der Waals surface area contributed by atoms with E-state index in [9.17, 15) is 28.8 Å². The number of rotatable bonds is 8. The quantitative estimate of drug-likeness (QED) is 0.141. The molecule has 570 valence electrons. The van der Waals surface area contributed by atoms with Gasteiger partial charge in [0.2, 0.25) is 0 Å². The van der Waals surface area contributed by atoms with Gasteiger partial charge in [-0.3, -0.25) is 0 Å². The van der Waals surface area contributed by atoms with Crippen molar-refractivity contribution in [3.8, 4) is 61.3 Å². The molecule has 0 unspecified atom stereocenters. The van der Waals surface area contributed by atoms with Crippen molar-refractivity contribution in [2.45, 2.75) is 236 Å². The molecule has 3 heterocycles. The number of hydrogen-bond acceptors (Lipinski definition) is 2. The van der Waals surface area contributed by atoms with E-state index in [-0.39, 0.29) is 130 Å². The lowest BCUT2D eigenvalue weighted by molar-refractivity contribution is 0.569. The van der Waals surface area contributed by atoms with Crippen LogP contribution in [-0.2, 0) is 48.7 Å². The van der Waals surface area contributed by atoms with Crippen molar-refractivity contribution in [2.75, 3.05) is 9.80 Å². The lowest BCUT2D eigenvalue weighted by Gasteiger charge is -2.47. The molecule has 12 aromatic carbocycles. The van der Waals surface area contributed by atoms with Crippen LogP contribution in [0.5, 0.6) is 0 Å². The molecule has 3 nitrogen and oxygen atoms in total. The van der Waals surface area contributed by atoms with E-state index in [0.717, 1.165) is 44.5 Å². The van der Waals surface area contributed by atoms with Crippen LogP contribution < -0.4 is 26.2 Å². The molecule has 0 N–H and O–H groups in total. The molecule has 0 bridgehead atoms. The van der Waals surface area contributed by atoms with Crippen LogP contribution in [0.2, 0.25) is 0 Å². The normalized spacial score (nSPS) is 16.5. The van der Waals surface area contributed by atoms with Crippen LogP contribution in [0.3, 0.4) is 0 Å². The number of hydrogen-bond donors (Lipinski definition) is 0. The molecular formula is C108H120BN3. The fourth-order valence-electron chi connectivity index (χ4n) is 15.8. The second kappa shape index (κ2) is 26.9. The Hall–Kier alpha value is -9.90. The molecule has 0 spiro atoms. The molecule has 2 aliphatic rings. The van der Waals surface area contributed by atoms with Crippen molar-refractivity contribution >= 4 is 79.0 Å². The Morgan fingerprint density at radius 1 is 0.259 bits per heavy atom. The highest BCUT2D eigenvalue weighted by Crippen LogP contribution is 2.58. The molecule has 4 heteroatoms. The molecule has 15 rings (SSSR count). The van der Waals surface area contributed by atoms with Gasteiger partial charge in [0.25, 0.3) is 6.71 Å². The van der Waals surface area contributed by atoms with E-state index in [1.54, 1.807) is 39.0 Å². The first-order valence-corrected chi connectivity index (χ1v) is 39.5. The summed E-state index contributed by atoms with van der Waals surface area (Å²) in [7, 11) is 0. The molecule has 1 aromatic heterocycles. The second-order valence-corrected chi connectivity index (χ2v) is 40.3. The van der Waals surface area contributed by atoms with Crippen molar-refractivity contribution in [1.82, 2.24) is 4.57 Å². The summed E-state index contributed by atoms with van der Waals surface area (Å²) in [6.45, 7) is 53.4. The predicted molar refractivity (Wildman–Crippen MR) is 490 cm³/mol. The summed E-state index contributed by atoms with van der Waals surface area (Å²) < 4.78 is 224. The van der Waals surface area contributed by atoms with E-state index >= 15 is 0 Å². The largest absolute Gasteiger partial charge is 0.310 e. The Bertz CT molecular complexity index is 7120. The van der Waals surface area contributed by atoms with Gasteiger partial charge in [-0.25, -0.2) is 0 Å². The molecule has 0 saturated heterocycles. The van der Waals surface area contributed by atoms with Gasteiger partial charge >= 0.3 is 0 Å². The van der Waals surface area contributed by atoms with Crippen molar-refractivity contribution in [3.63, 3.8) is 0 Å². The maximum absolute atomic E-state index is 11.7. The molecule has 0 fully saturated rings. The Morgan fingerprint density at radius 2 is 0.705 bits per heavy atom. The van der Waals surface area contributed by atoms with E-state index in [2.05, 4.69) is 169 Å². The molecule has 0 amide bonds. The van der Waals surface area contributed by atoms with Crippen LogP contribution in [0.25, 0.3) is 83.1 Å². The minimum Gasteiger partial charge on any atom is -0.310 e. The number of nitrogens with zero attached hydrogens (tertiary/aromatic N) is 3. The van der Waals surface area contributed by atoms with Gasteiger partial charge in [0.05, 0.1) is 52.6 Å². The maximum Gasteiger partial charge on any atom is 0.252 e. The molecule has 0 saturated carbocycles. The summed E-state index contributed by atoms with van der Waals surface area (Å²) in [4.78, 5) is 4.11. The highest BCUT2D eigenvalue weighted by molar-refractivity contribution is 7.00. The van der Waals surface area contributed by atoms with Gasteiger partial charge in [0.15, 0.2) is 0 Å². The number of anilines is 6. The van der Waals surface area contributed by atoms with Gasteiger partial charge in [-0.2, -0.15) is 0 Å². The molecule has 2 aliphatic heterocycles. The second-order valence-electron chi connectivity index (χ2n) is 40.3. The zero-order valence-corrected chi connectivity index (χ0v) is 70.7. The fourth-order valence-corrected chi connectivity index (χ4v) is 15.8. The summed E-state index contributed by atoms with van der Waals surface area (Å²) in [6.07, 6.45) is 0. The third-order valence-electron chi connectivity index (χ3n) is 22.4. The van der Waals surface area contributed by atoms with Gasteiger partial charge < -0.3 is 14.4 Å². The van der Waals surface area contributed by atoms with Crippen molar-refractivity contribution < 1.29 is 30.2 Å². The van der Waals surface area contributed by atoms with Gasteiger partial charge in [-0.1, -0.05) is 356 Å². The molecule has 0 aliphatic carbocycles. The van der Waals surface area contributed by atoms with E-state index in [4.69, 9.17) is 1.37 Å². The average Bonchev–Trinajstić information content (AvgIpc) is 0.747. The summed E-state index contributed by atoms with van der Waals surface area (Å²) in [5.74, 6) is 0. The van der Waals surface area contributed by atoms with Crippen molar-refractivity contribution in [2.24, 2.45) is 0 Å².